The van der Waals surface area contributed by atoms with E-state index >= 15 is 0 Å². The molecule has 1 unspecified atom stereocenters. The number of hydrogen-bond donors (Lipinski definition) is 1. The highest BCUT2D eigenvalue weighted by Gasteiger charge is 2.34. The van der Waals surface area contributed by atoms with Crippen LogP contribution >= 0.6 is 34.5 Å². The summed E-state index contributed by atoms with van der Waals surface area (Å²) in [6.45, 7) is 3.63. The Balaban J connectivity index is 1.64. The van der Waals surface area contributed by atoms with Gasteiger partial charge in [-0.15, -0.1) is 11.3 Å². The third-order valence-corrected chi connectivity index (χ3v) is 6.00. The zero-order valence-electron chi connectivity index (χ0n) is 16.8. The minimum atomic E-state index is -0.645. The molecule has 2 amide bonds. The van der Waals surface area contributed by atoms with Crippen molar-refractivity contribution in [3.8, 4) is 17.0 Å². The molecule has 1 atom stereocenters. The van der Waals surface area contributed by atoms with Gasteiger partial charge in [0.05, 0.1) is 16.4 Å². The van der Waals surface area contributed by atoms with E-state index in [2.05, 4.69) is 10.3 Å². The first-order valence-electron chi connectivity index (χ1n) is 9.64. The van der Waals surface area contributed by atoms with E-state index in [1.807, 2.05) is 37.4 Å². The second kappa shape index (κ2) is 8.86. The molecular weight excluding hydrogens is 457 g/mol. The lowest BCUT2D eigenvalue weighted by Crippen LogP contribution is -2.48. The van der Waals surface area contributed by atoms with Crippen LogP contribution in [0, 0.1) is 6.92 Å². The van der Waals surface area contributed by atoms with Crippen molar-refractivity contribution < 1.29 is 14.3 Å². The quantitative estimate of drug-likeness (QED) is 0.523. The molecule has 0 saturated heterocycles. The minimum absolute atomic E-state index is 0.171. The maximum absolute atomic E-state index is 13.0. The molecule has 4 rings (SSSR count). The zero-order valence-corrected chi connectivity index (χ0v) is 19.1. The predicted octanol–water partition coefficient (Wildman–Crippen LogP) is 5.57. The summed E-state index contributed by atoms with van der Waals surface area (Å²) < 4.78 is 5.88. The van der Waals surface area contributed by atoms with Crippen LogP contribution in [0.3, 0.4) is 0 Å². The van der Waals surface area contributed by atoms with Crippen molar-refractivity contribution in [2.45, 2.75) is 26.4 Å². The lowest BCUT2D eigenvalue weighted by atomic mass is 10.1. The zero-order chi connectivity index (χ0) is 22.1. The molecule has 1 aliphatic heterocycles. The molecule has 2 heterocycles. The van der Waals surface area contributed by atoms with E-state index in [0.717, 1.165) is 16.3 Å². The maximum Gasteiger partial charge on any atom is 0.268 e. The Morgan fingerprint density at radius 1 is 1.23 bits per heavy atom. The molecule has 160 valence electrons. The van der Waals surface area contributed by atoms with Gasteiger partial charge >= 0.3 is 0 Å². The van der Waals surface area contributed by atoms with Gasteiger partial charge in [0.1, 0.15) is 12.3 Å². The van der Waals surface area contributed by atoms with Gasteiger partial charge in [-0.1, -0.05) is 30.1 Å². The highest BCUT2D eigenvalue weighted by atomic mass is 35.5. The van der Waals surface area contributed by atoms with Gasteiger partial charge in [-0.3, -0.25) is 14.5 Å². The van der Waals surface area contributed by atoms with Gasteiger partial charge in [0.15, 0.2) is 6.10 Å². The van der Waals surface area contributed by atoms with E-state index in [1.54, 1.807) is 29.5 Å². The van der Waals surface area contributed by atoms with E-state index in [4.69, 9.17) is 27.9 Å². The number of halogens is 2. The molecule has 1 aromatic heterocycles. The number of nitrogens with zero attached hydrogens (tertiary/aromatic N) is 2. The number of aryl methyl sites for hydroxylation is 1. The Kier molecular flexibility index (Phi) is 6.18. The number of anilines is 2. The monoisotopic (exact) mass is 475 g/mol. The Bertz CT molecular complexity index is 1140. The average Bonchev–Trinajstić information content (AvgIpc) is 3.15. The lowest BCUT2D eigenvalue weighted by molar-refractivity contribution is -0.128. The number of amides is 2. The largest absolute Gasteiger partial charge is 0.478 e. The average molecular weight is 476 g/mol. The first-order valence-corrected chi connectivity index (χ1v) is 11.3. The van der Waals surface area contributed by atoms with E-state index in [1.165, 1.54) is 4.90 Å². The molecule has 2 aromatic carbocycles. The second-order valence-electron chi connectivity index (χ2n) is 7.08. The van der Waals surface area contributed by atoms with Gasteiger partial charge in [0.2, 0.25) is 5.91 Å². The molecular formula is C22H19Cl2N3O3S. The van der Waals surface area contributed by atoms with Crippen LogP contribution in [-0.2, 0) is 9.59 Å². The van der Waals surface area contributed by atoms with E-state index < -0.39 is 6.10 Å². The number of thiazole rings is 1. The Morgan fingerprint density at radius 3 is 2.61 bits per heavy atom. The summed E-state index contributed by atoms with van der Waals surface area (Å²) in [5.41, 5.74) is 2.66. The Labute approximate surface area is 193 Å². The number of rotatable bonds is 5. The molecule has 3 aromatic rings. The summed E-state index contributed by atoms with van der Waals surface area (Å²) in [6.07, 6.45) is -0.152. The number of carbonyl (C=O) groups excluding carboxylic acids is 2. The fourth-order valence-corrected chi connectivity index (χ4v) is 4.52. The summed E-state index contributed by atoms with van der Waals surface area (Å²) in [5.74, 6) is -0.0778. The van der Waals surface area contributed by atoms with Crippen molar-refractivity contribution >= 4 is 57.7 Å². The highest BCUT2D eigenvalue weighted by molar-refractivity contribution is 7.09. The fourth-order valence-electron chi connectivity index (χ4n) is 3.37. The topological polar surface area (TPSA) is 71.5 Å². The van der Waals surface area contributed by atoms with Crippen LogP contribution < -0.4 is 15.0 Å². The van der Waals surface area contributed by atoms with Crippen LogP contribution in [0.5, 0.6) is 5.75 Å². The van der Waals surface area contributed by atoms with Gasteiger partial charge in [0, 0.05) is 26.7 Å². The molecule has 0 bridgehead atoms. The number of fused-ring (bicyclic) bond motifs is 1. The fraction of sp³-hybridized carbons (Fsp3) is 0.227. The maximum atomic E-state index is 13.0. The third kappa shape index (κ3) is 4.69. The molecule has 0 aliphatic carbocycles. The normalized spacial score (nSPS) is 15.4. The van der Waals surface area contributed by atoms with Gasteiger partial charge in [-0.2, -0.15) is 0 Å². The molecule has 9 heteroatoms. The van der Waals surface area contributed by atoms with Crippen molar-refractivity contribution in [2.24, 2.45) is 0 Å². The van der Waals surface area contributed by atoms with Crippen molar-refractivity contribution in [3.63, 3.8) is 0 Å². The summed E-state index contributed by atoms with van der Waals surface area (Å²) in [7, 11) is 0. The Hall–Kier alpha value is -2.61. The van der Waals surface area contributed by atoms with Gasteiger partial charge in [0.25, 0.3) is 5.91 Å². The molecule has 1 aliphatic rings. The van der Waals surface area contributed by atoms with E-state index in [0.29, 0.717) is 33.6 Å². The number of nitrogens with one attached hydrogen (secondary N) is 1. The summed E-state index contributed by atoms with van der Waals surface area (Å²) in [6, 6.07) is 10.3. The summed E-state index contributed by atoms with van der Waals surface area (Å²) >= 11 is 13.6. The molecule has 6 nitrogen and oxygen atoms in total. The molecule has 0 saturated carbocycles. The highest BCUT2D eigenvalue weighted by Crippen LogP contribution is 2.38. The SMILES string of the molecule is CCC1Oc2ccc(-c3csc(C)n3)cc2N(CC(=O)Nc2cc(Cl)cc(Cl)c2)C1=O. The molecule has 31 heavy (non-hydrogen) atoms. The molecule has 0 spiro atoms. The third-order valence-electron chi connectivity index (χ3n) is 4.79. The summed E-state index contributed by atoms with van der Waals surface area (Å²) in [4.78, 5) is 31.8. The van der Waals surface area contributed by atoms with Crippen LogP contribution in [0.4, 0.5) is 11.4 Å². The van der Waals surface area contributed by atoms with Crippen LogP contribution in [0.2, 0.25) is 10.0 Å². The molecule has 0 radical (unpaired) electrons. The lowest BCUT2D eigenvalue weighted by Gasteiger charge is -2.34. The van der Waals surface area contributed by atoms with Gasteiger partial charge < -0.3 is 10.1 Å². The smallest absolute Gasteiger partial charge is 0.268 e. The minimum Gasteiger partial charge on any atom is -0.478 e. The first kappa shape index (κ1) is 21.6. The number of benzene rings is 2. The number of hydrogen-bond acceptors (Lipinski definition) is 5. The van der Waals surface area contributed by atoms with Crippen LogP contribution in [0.15, 0.2) is 41.8 Å². The van der Waals surface area contributed by atoms with Crippen molar-refractivity contribution in [3.05, 3.63) is 56.8 Å². The van der Waals surface area contributed by atoms with Gasteiger partial charge in [-0.25, -0.2) is 4.98 Å². The van der Waals surface area contributed by atoms with Crippen LogP contribution in [0.25, 0.3) is 11.3 Å². The van der Waals surface area contributed by atoms with E-state index in [9.17, 15) is 9.59 Å². The van der Waals surface area contributed by atoms with Crippen LogP contribution in [-0.4, -0.2) is 29.4 Å². The van der Waals surface area contributed by atoms with Crippen molar-refractivity contribution in [1.82, 2.24) is 4.98 Å². The molecule has 1 N–H and O–H groups in total. The second-order valence-corrected chi connectivity index (χ2v) is 9.01. The summed E-state index contributed by atoms with van der Waals surface area (Å²) in [5, 5.41) is 6.47. The first-order chi connectivity index (χ1) is 14.8. The van der Waals surface area contributed by atoms with Crippen LogP contribution in [0.1, 0.15) is 18.4 Å². The number of ether oxygens (including phenoxy) is 1. The van der Waals surface area contributed by atoms with E-state index in [-0.39, 0.29) is 18.4 Å². The molecule has 0 fully saturated rings. The predicted molar refractivity (Wildman–Crippen MR) is 124 cm³/mol. The number of carbonyl (C=O) groups is 2. The Morgan fingerprint density at radius 2 is 1.97 bits per heavy atom. The van der Waals surface area contributed by atoms with Crippen molar-refractivity contribution in [2.75, 3.05) is 16.8 Å². The van der Waals surface area contributed by atoms with Crippen molar-refractivity contribution in [1.29, 1.82) is 0 Å². The number of aromatic nitrogens is 1. The standard InChI is InChI=1S/C22H19Cl2N3O3S/c1-3-19-22(29)27(10-21(28)26-16-8-14(23)7-15(24)9-16)18-6-13(4-5-20(18)30-19)17-11-31-12(2)25-17/h4-9,11,19H,3,10H2,1-2H3,(H,26,28). The van der Waals surface area contributed by atoms with Gasteiger partial charge in [-0.05, 0) is 49.7 Å².